The predicted molar refractivity (Wildman–Crippen MR) is 82.3 cm³/mol. The van der Waals surface area contributed by atoms with Gasteiger partial charge in [-0.15, -0.1) is 0 Å². The third-order valence-electron chi connectivity index (χ3n) is 2.67. The molecule has 0 bridgehead atoms. The fourth-order valence-corrected chi connectivity index (χ4v) is 3.24. The van der Waals surface area contributed by atoms with Crippen LogP contribution in [0.1, 0.15) is 5.56 Å². The van der Waals surface area contributed by atoms with Gasteiger partial charge in [0, 0.05) is 9.50 Å². The molecule has 0 fully saturated rings. The molecule has 4 nitrogen and oxygen atoms in total. The van der Waals surface area contributed by atoms with Crippen molar-refractivity contribution in [2.75, 3.05) is 4.72 Å². The molecule has 2 N–H and O–H groups in total. The zero-order chi connectivity index (χ0) is 15.6. The summed E-state index contributed by atoms with van der Waals surface area (Å²) in [7, 11) is -3.97. The molecule has 2 rings (SSSR count). The fraction of sp³-hybridized carbons (Fsp3) is 0.0769. The molecule has 0 radical (unpaired) electrons. The van der Waals surface area contributed by atoms with Gasteiger partial charge in [0.2, 0.25) is 0 Å². The molecule has 0 aromatic heterocycles. The molecular weight excluding hydrogens is 385 g/mol. The Balaban J connectivity index is 2.38. The molecule has 2 aromatic carbocycles. The number of benzene rings is 2. The smallest absolute Gasteiger partial charge is 0.261 e. The molecule has 112 valence electrons. The van der Waals surface area contributed by atoms with Crippen molar-refractivity contribution in [1.29, 1.82) is 0 Å². The van der Waals surface area contributed by atoms with Gasteiger partial charge in [-0.1, -0.05) is 27.5 Å². The number of anilines is 1. The largest absolute Gasteiger partial charge is 0.392 e. The Morgan fingerprint density at radius 1 is 1.24 bits per heavy atom. The summed E-state index contributed by atoms with van der Waals surface area (Å²) >= 11 is 8.90. The van der Waals surface area contributed by atoms with E-state index < -0.39 is 22.4 Å². The van der Waals surface area contributed by atoms with Crippen molar-refractivity contribution < 1.29 is 17.9 Å². The van der Waals surface area contributed by atoms with Crippen molar-refractivity contribution >= 4 is 43.2 Å². The molecule has 8 heteroatoms. The van der Waals surface area contributed by atoms with Gasteiger partial charge in [0.1, 0.15) is 5.82 Å². The van der Waals surface area contributed by atoms with Crippen LogP contribution in [0, 0.1) is 5.82 Å². The maximum absolute atomic E-state index is 13.7. The number of sulfonamides is 1. The summed E-state index contributed by atoms with van der Waals surface area (Å²) in [5.41, 5.74) is 0.106. The topological polar surface area (TPSA) is 66.4 Å². The predicted octanol–water partition coefficient (Wildman–Crippen LogP) is 3.53. The lowest BCUT2D eigenvalue weighted by atomic mass is 10.2. The lowest BCUT2D eigenvalue weighted by molar-refractivity contribution is 0.281. The number of aliphatic hydroxyl groups is 1. The Kier molecular flexibility index (Phi) is 4.88. The molecule has 0 aliphatic carbocycles. The van der Waals surface area contributed by atoms with Crippen LogP contribution in [-0.4, -0.2) is 13.5 Å². The van der Waals surface area contributed by atoms with Crippen molar-refractivity contribution in [3.05, 3.63) is 57.3 Å². The van der Waals surface area contributed by atoms with E-state index in [-0.39, 0.29) is 21.2 Å². The number of hydrogen-bond donors (Lipinski definition) is 2. The van der Waals surface area contributed by atoms with Gasteiger partial charge >= 0.3 is 0 Å². The van der Waals surface area contributed by atoms with Crippen molar-refractivity contribution in [3.63, 3.8) is 0 Å². The number of hydrogen-bond acceptors (Lipinski definition) is 3. The first-order valence-corrected chi connectivity index (χ1v) is 8.36. The van der Waals surface area contributed by atoms with Crippen LogP contribution in [-0.2, 0) is 16.6 Å². The Bertz CT molecular complexity index is 783. The standard InChI is InChI=1S/C13H10BrClFNO3S/c14-9-1-4-13(12(16)6-9)17-21(19,20)10-2-3-11(15)8(5-10)7-18/h1-6,17-18H,7H2. The summed E-state index contributed by atoms with van der Waals surface area (Å²) in [6.45, 7) is -0.394. The summed E-state index contributed by atoms with van der Waals surface area (Å²) in [6.07, 6.45) is 0. The Hall–Kier alpha value is -1.15. The first-order valence-electron chi connectivity index (χ1n) is 5.70. The molecule has 0 amide bonds. The SMILES string of the molecule is O=S(=O)(Nc1ccc(Br)cc1F)c1ccc(Cl)c(CO)c1. The van der Waals surface area contributed by atoms with Gasteiger partial charge in [-0.05, 0) is 42.0 Å². The average molecular weight is 395 g/mol. The van der Waals surface area contributed by atoms with Gasteiger partial charge in [0.25, 0.3) is 10.0 Å². The van der Waals surface area contributed by atoms with Gasteiger partial charge in [-0.2, -0.15) is 0 Å². The Labute approximate surface area is 134 Å². The maximum atomic E-state index is 13.7. The summed E-state index contributed by atoms with van der Waals surface area (Å²) in [4.78, 5) is -0.113. The van der Waals surface area contributed by atoms with Gasteiger partial charge in [0.15, 0.2) is 0 Å². The van der Waals surface area contributed by atoms with Crippen LogP contribution in [0.3, 0.4) is 0 Å². The minimum Gasteiger partial charge on any atom is -0.392 e. The molecule has 21 heavy (non-hydrogen) atoms. The second-order valence-corrected chi connectivity index (χ2v) is 7.15. The summed E-state index contributed by atoms with van der Waals surface area (Å²) in [6, 6.07) is 7.85. The molecule has 0 spiro atoms. The van der Waals surface area contributed by atoms with E-state index in [4.69, 9.17) is 16.7 Å². The molecule has 0 atom stereocenters. The summed E-state index contributed by atoms with van der Waals surface area (Å²) < 4.78 is 40.7. The third-order valence-corrected chi connectivity index (χ3v) is 4.90. The zero-order valence-electron chi connectivity index (χ0n) is 10.5. The van der Waals surface area contributed by atoms with E-state index in [0.717, 1.165) is 6.07 Å². The minimum absolute atomic E-state index is 0.113. The van der Waals surface area contributed by atoms with Gasteiger partial charge in [-0.25, -0.2) is 12.8 Å². The van der Waals surface area contributed by atoms with Gasteiger partial charge in [0.05, 0.1) is 17.2 Å². The highest BCUT2D eigenvalue weighted by molar-refractivity contribution is 9.10. The van der Waals surface area contributed by atoms with Crippen LogP contribution >= 0.6 is 27.5 Å². The van der Waals surface area contributed by atoms with Crippen molar-refractivity contribution in [1.82, 2.24) is 0 Å². The van der Waals surface area contributed by atoms with E-state index in [1.807, 2.05) is 0 Å². The molecule has 0 saturated heterocycles. The van der Waals surface area contributed by atoms with E-state index in [2.05, 4.69) is 20.7 Å². The number of halogens is 3. The molecule has 0 aliphatic rings. The highest BCUT2D eigenvalue weighted by atomic mass is 79.9. The molecule has 0 aliphatic heterocycles. The Morgan fingerprint density at radius 2 is 1.95 bits per heavy atom. The summed E-state index contributed by atoms with van der Waals surface area (Å²) in [5.74, 6) is -0.704. The lowest BCUT2D eigenvalue weighted by Crippen LogP contribution is -2.14. The van der Waals surface area contributed by atoms with E-state index in [9.17, 15) is 12.8 Å². The highest BCUT2D eigenvalue weighted by Gasteiger charge is 2.17. The third kappa shape index (κ3) is 3.74. The van der Waals surface area contributed by atoms with Crippen molar-refractivity contribution in [3.8, 4) is 0 Å². The zero-order valence-corrected chi connectivity index (χ0v) is 13.6. The van der Waals surface area contributed by atoms with Crippen molar-refractivity contribution in [2.45, 2.75) is 11.5 Å². The van der Waals surface area contributed by atoms with Crippen LogP contribution in [0.2, 0.25) is 5.02 Å². The normalized spacial score (nSPS) is 11.4. The fourth-order valence-electron chi connectivity index (χ4n) is 1.62. The molecule has 2 aromatic rings. The molecule has 0 heterocycles. The monoisotopic (exact) mass is 393 g/mol. The van der Waals surface area contributed by atoms with E-state index in [1.54, 1.807) is 0 Å². The van der Waals surface area contributed by atoms with Gasteiger partial charge in [-0.3, -0.25) is 4.72 Å². The Morgan fingerprint density at radius 3 is 2.57 bits per heavy atom. The van der Waals surface area contributed by atoms with E-state index in [0.29, 0.717) is 4.47 Å². The summed E-state index contributed by atoms with van der Waals surface area (Å²) in [5, 5.41) is 9.36. The van der Waals surface area contributed by atoms with E-state index in [1.165, 1.54) is 30.3 Å². The number of rotatable bonds is 4. The van der Waals surface area contributed by atoms with Crippen LogP contribution in [0.15, 0.2) is 45.8 Å². The van der Waals surface area contributed by atoms with Crippen LogP contribution in [0.25, 0.3) is 0 Å². The van der Waals surface area contributed by atoms with Crippen LogP contribution in [0.5, 0.6) is 0 Å². The quantitative estimate of drug-likeness (QED) is 0.833. The number of aliphatic hydroxyl groups excluding tert-OH is 1. The van der Waals surface area contributed by atoms with Crippen LogP contribution < -0.4 is 4.72 Å². The van der Waals surface area contributed by atoms with Crippen molar-refractivity contribution in [2.24, 2.45) is 0 Å². The highest BCUT2D eigenvalue weighted by Crippen LogP contribution is 2.25. The first kappa shape index (κ1) is 16.2. The molecule has 0 saturated carbocycles. The second kappa shape index (κ2) is 6.31. The number of nitrogens with one attached hydrogen (secondary N) is 1. The van der Waals surface area contributed by atoms with Crippen LogP contribution in [0.4, 0.5) is 10.1 Å². The molecular formula is C13H10BrClFNO3S. The lowest BCUT2D eigenvalue weighted by Gasteiger charge is -2.10. The van der Waals surface area contributed by atoms with E-state index >= 15 is 0 Å². The van der Waals surface area contributed by atoms with Gasteiger partial charge < -0.3 is 5.11 Å². The molecule has 0 unspecified atom stereocenters. The second-order valence-electron chi connectivity index (χ2n) is 4.14. The minimum atomic E-state index is -3.97. The first-order chi connectivity index (χ1) is 9.83. The average Bonchev–Trinajstić information content (AvgIpc) is 2.42. The maximum Gasteiger partial charge on any atom is 0.261 e.